The highest BCUT2D eigenvalue weighted by Crippen LogP contribution is 2.47. The zero-order valence-corrected chi connectivity index (χ0v) is 10.5. The van der Waals surface area contributed by atoms with Gasteiger partial charge in [0.1, 0.15) is 0 Å². The molecule has 1 N–H and O–H groups in total. The second-order valence-electron chi connectivity index (χ2n) is 4.74. The number of alkyl halides is 2. The minimum atomic E-state index is -2.63. The topological polar surface area (TPSA) is 59.8 Å². The van der Waals surface area contributed by atoms with Gasteiger partial charge in [-0.05, 0) is 12.1 Å². The molecule has 1 atom stereocenters. The SMILES string of the molecule is O=C(NCC1CC1(F)F)c1cnnn1-c1ccccc1. The van der Waals surface area contributed by atoms with Crippen molar-refractivity contribution in [2.24, 2.45) is 5.92 Å². The van der Waals surface area contributed by atoms with Gasteiger partial charge in [-0.15, -0.1) is 5.10 Å². The van der Waals surface area contributed by atoms with Crippen molar-refractivity contribution in [2.45, 2.75) is 12.3 Å². The molecule has 1 aromatic carbocycles. The summed E-state index contributed by atoms with van der Waals surface area (Å²) in [5.74, 6) is -3.85. The maximum Gasteiger partial charge on any atom is 0.271 e. The van der Waals surface area contributed by atoms with E-state index >= 15 is 0 Å². The Morgan fingerprint density at radius 2 is 2.10 bits per heavy atom. The van der Waals surface area contributed by atoms with E-state index in [1.807, 2.05) is 18.2 Å². The summed E-state index contributed by atoms with van der Waals surface area (Å²) in [4.78, 5) is 12.0. The van der Waals surface area contributed by atoms with Crippen molar-refractivity contribution in [1.82, 2.24) is 20.3 Å². The summed E-state index contributed by atoms with van der Waals surface area (Å²) >= 11 is 0. The zero-order valence-electron chi connectivity index (χ0n) is 10.5. The van der Waals surface area contributed by atoms with Crippen LogP contribution in [0.1, 0.15) is 16.9 Å². The first-order valence-electron chi connectivity index (χ1n) is 6.20. The van der Waals surface area contributed by atoms with Gasteiger partial charge in [-0.2, -0.15) is 0 Å². The Labute approximate surface area is 113 Å². The van der Waals surface area contributed by atoms with Gasteiger partial charge in [0.25, 0.3) is 11.8 Å². The summed E-state index contributed by atoms with van der Waals surface area (Å²) in [5.41, 5.74) is 0.909. The quantitative estimate of drug-likeness (QED) is 0.925. The highest BCUT2D eigenvalue weighted by Gasteiger charge is 2.56. The summed E-state index contributed by atoms with van der Waals surface area (Å²) in [6.45, 7) is -0.0359. The lowest BCUT2D eigenvalue weighted by atomic mass is 10.3. The first-order valence-corrected chi connectivity index (χ1v) is 6.20. The van der Waals surface area contributed by atoms with E-state index < -0.39 is 17.7 Å². The van der Waals surface area contributed by atoms with Crippen LogP contribution in [0, 0.1) is 5.92 Å². The van der Waals surface area contributed by atoms with Crippen LogP contribution in [-0.2, 0) is 0 Å². The molecule has 7 heteroatoms. The first kappa shape index (κ1) is 12.7. The molecule has 1 aromatic heterocycles. The number of nitrogens with zero attached hydrogens (tertiary/aromatic N) is 3. The predicted octanol–water partition coefficient (Wildman–Crippen LogP) is 1.65. The first-order chi connectivity index (χ1) is 9.58. The normalized spacial score (nSPS) is 19.6. The molecule has 0 aliphatic heterocycles. The second kappa shape index (κ2) is 4.66. The van der Waals surface area contributed by atoms with E-state index in [0.717, 1.165) is 0 Å². The maximum atomic E-state index is 12.8. The Bertz CT molecular complexity index is 626. The lowest BCUT2D eigenvalue weighted by Crippen LogP contribution is -2.28. The van der Waals surface area contributed by atoms with E-state index in [9.17, 15) is 13.6 Å². The maximum absolute atomic E-state index is 12.8. The standard InChI is InChI=1S/C13H12F2N4O/c14-13(15)6-9(13)7-16-12(20)11-8-17-18-19(11)10-4-2-1-3-5-10/h1-5,8-9H,6-7H2,(H,16,20). The number of hydrogen-bond acceptors (Lipinski definition) is 3. The molecule has 0 radical (unpaired) electrons. The van der Waals surface area contributed by atoms with Crippen molar-refractivity contribution < 1.29 is 13.6 Å². The van der Waals surface area contributed by atoms with Gasteiger partial charge in [-0.25, -0.2) is 13.5 Å². The fourth-order valence-electron chi connectivity index (χ4n) is 1.95. The van der Waals surface area contributed by atoms with Gasteiger partial charge in [0, 0.05) is 18.9 Å². The third-order valence-corrected chi connectivity index (χ3v) is 3.25. The third kappa shape index (κ3) is 2.38. The highest BCUT2D eigenvalue weighted by molar-refractivity contribution is 5.92. The molecule has 20 heavy (non-hydrogen) atoms. The van der Waals surface area contributed by atoms with Crippen molar-refractivity contribution in [1.29, 1.82) is 0 Å². The summed E-state index contributed by atoms with van der Waals surface area (Å²) in [6, 6.07) is 9.02. The molecule has 0 saturated heterocycles. The Morgan fingerprint density at radius 1 is 1.40 bits per heavy atom. The molecule has 1 fully saturated rings. The summed E-state index contributed by atoms with van der Waals surface area (Å²) in [7, 11) is 0. The van der Waals surface area contributed by atoms with Crippen LogP contribution in [0.4, 0.5) is 8.78 Å². The van der Waals surface area contributed by atoms with Gasteiger partial charge < -0.3 is 5.32 Å². The van der Waals surface area contributed by atoms with Crippen LogP contribution in [0.2, 0.25) is 0 Å². The number of rotatable bonds is 4. The van der Waals surface area contributed by atoms with E-state index in [-0.39, 0.29) is 18.7 Å². The van der Waals surface area contributed by atoms with Crippen LogP contribution in [0.3, 0.4) is 0 Å². The number of aromatic nitrogens is 3. The van der Waals surface area contributed by atoms with Gasteiger partial charge >= 0.3 is 0 Å². The van der Waals surface area contributed by atoms with Crippen molar-refractivity contribution >= 4 is 5.91 Å². The largest absolute Gasteiger partial charge is 0.350 e. The van der Waals surface area contributed by atoms with Gasteiger partial charge in [0.2, 0.25) is 0 Å². The molecule has 1 aliphatic rings. The van der Waals surface area contributed by atoms with Gasteiger partial charge in [-0.1, -0.05) is 23.4 Å². The average molecular weight is 278 g/mol. The monoisotopic (exact) mass is 278 g/mol. The summed E-state index contributed by atoms with van der Waals surface area (Å²) < 4.78 is 26.9. The van der Waals surface area contributed by atoms with Crippen LogP contribution < -0.4 is 5.32 Å². The molecule has 104 valence electrons. The van der Waals surface area contributed by atoms with Crippen LogP contribution in [0.5, 0.6) is 0 Å². The van der Waals surface area contributed by atoms with E-state index in [1.54, 1.807) is 12.1 Å². The van der Waals surface area contributed by atoms with E-state index in [4.69, 9.17) is 0 Å². The lowest BCUT2D eigenvalue weighted by molar-refractivity contribution is 0.0889. The van der Waals surface area contributed by atoms with Crippen LogP contribution >= 0.6 is 0 Å². The van der Waals surface area contributed by atoms with Crippen molar-refractivity contribution in [3.05, 3.63) is 42.2 Å². The number of benzene rings is 1. The molecule has 1 heterocycles. The number of nitrogens with one attached hydrogen (secondary N) is 1. The van der Waals surface area contributed by atoms with Gasteiger partial charge in [0.15, 0.2) is 5.69 Å². The molecule has 0 spiro atoms. The Morgan fingerprint density at radius 3 is 2.75 bits per heavy atom. The van der Waals surface area contributed by atoms with E-state index in [1.165, 1.54) is 10.9 Å². The molecule has 1 aliphatic carbocycles. The molecule has 1 amide bonds. The van der Waals surface area contributed by atoms with Crippen molar-refractivity contribution in [3.63, 3.8) is 0 Å². The molecular weight excluding hydrogens is 266 g/mol. The number of para-hydroxylation sites is 1. The van der Waals surface area contributed by atoms with Crippen LogP contribution in [0.25, 0.3) is 5.69 Å². The fraction of sp³-hybridized carbons (Fsp3) is 0.308. The Kier molecular flexibility index (Phi) is 2.96. The van der Waals surface area contributed by atoms with Crippen LogP contribution in [0.15, 0.2) is 36.5 Å². The van der Waals surface area contributed by atoms with E-state index in [2.05, 4.69) is 15.6 Å². The molecule has 0 bridgehead atoms. The average Bonchev–Trinajstić information content (AvgIpc) is 2.88. The third-order valence-electron chi connectivity index (χ3n) is 3.25. The smallest absolute Gasteiger partial charge is 0.271 e. The number of hydrogen-bond donors (Lipinski definition) is 1. The second-order valence-corrected chi connectivity index (χ2v) is 4.74. The Hall–Kier alpha value is -2.31. The Balaban J connectivity index is 1.71. The number of amides is 1. The van der Waals surface area contributed by atoms with Crippen LogP contribution in [-0.4, -0.2) is 33.4 Å². The van der Waals surface area contributed by atoms with E-state index in [0.29, 0.717) is 5.69 Å². The number of halogens is 2. The molecule has 2 aromatic rings. The van der Waals surface area contributed by atoms with Gasteiger partial charge in [-0.3, -0.25) is 4.79 Å². The van der Waals surface area contributed by atoms with Crippen molar-refractivity contribution in [2.75, 3.05) is 6.54 Å². The highest BCUT2D eigenvalue weighted by atomic mass is 19.3. The number of carbonyl (C=O) groups is 1. The summed E-state index contributed by atoms with van der Waals surface area (Å²) in [6.07, 6.45) is 1.15. The van der Waals surface area contributed by atoms with Gasteiger partial charge in [0.05, 0.1) is 11.9 Å². The zero-order chi connectivity index (χ0) is 14.2. The molecule has 1 unspecified atom stereocenters. The predicted molar refractivity (Wildman–Crippen MR) is 66.7 cm³/mol. The minimum Gasteiger partial charge on any atom is -0.350 e. The molecule has 3 rings (SSSR count). The molecule has 1 saturated carbocycles. The molecule has 5 nitrogen and oxygen atoms in total. The fourth-order valence-corrected chi connectivity index (χ4v) is 1.95. The minimum absolute atomic E-state index is 0.0359. The lowest BCUT2D eigenvalue weighted by Gasteiger charge is -2.06. The van der Waals surface area contributed by atoms with Crippen molar-refractivity contribution in [3.8, 4) is 5.69 Å². The summed E-state index contributed by atoms with van der Waals surface area (Å²) in [5, 5.41) is 10.0. The number of carbonyl (C=O) groups excluding carboxylic acids is 1. The molecular formula is C13H12F2N4O.